The summed E-state index contributed by atoms with van der Waals surface area (Å²) in [6.45, 7) is 5.52. The normalized spacial score (nSPS) is 12.8. The first-order valence-corrected chi connectivity index (χ1v) is 8.06. The molecule has 0 aliphatic carbocycles. The highest BCUT2D eigenvalue weighted by molar-refractivity contribution is 6.35. The van der Waals surface area contributed by atoms with Crippen molar-refractivity contribution in [3.63, 3.8) is 0 Å². The maximum absolute atomic E-state index is 6.32. The van der Waals surface area contributed by atoms with E-state index >= 15 is 0 Å². The molecule has 0 radical (unpaired) electrons. The van der Waals surface area contributed by atoms with Gasteiger partial charge in [-0.2, -0.15) is 0 Å². The van der Waals surface area contributed by atoms with Crippen LogP contribution in [-0.2, 0) is 0 Å². The highest BCUT2D eigenvalue weighted by Crippen LogP contribution is 2.31. The number of rotatable bonds is 7. The molecule has 1 nitrogen and oxygen atoms in total. The van der Waals surface area contributed by atoms with Crippen LogP contribution in [0, 0.1) is 0 Å². The van der Waals surface area contributed by atoms with Crippen molar-refractivity contribution in [3.05, 3.63) is 47.0 Å². The van der Waals surface area contributed by atoms with Gasteiger partial charge in [0.05, 0.1) is 0 Å². The van der Waals surface area contributed by atoms with Crippen molar-refractivity contribution in [2.24, 2.45) is 0 Å². The molecule has 20 heavy (non-hydrogen) atoms. The molecule has 0 bridgehead atoms. The third kappa shape index (κ3) is 3.53. The minimum absolute atomic E-state index is 0.428. The van der Waals surface area contributed by atoms with E-state index in [2.05, 4.69) is 49.5 Å². The molecular formula is C18H24ClN. The van der Waals surface area contributed by atoms with Crippen LogP contribution in [0.5, 0.6) is 0 Å². The molecule has 0 aliphatic rings. The van der Waals surface area contributed by atoms with Crippen molar-refractivity contribution in [1.82, 2.24) is 5.32 Å². The molecule has 0 fully saturated rings. The quantitative estimate of drug-likeness (QED) is 0.687. The van der Waals surface area contributed by atoms with E-state index in [0.29, 0.717) is 6.04 Å². The SMILES string of the molecule is CCCCC(NCCC)c1ccc(Cl)c2ccccc12. The van der Waals surface area contributed by atoms with Gasteiger partial charge in [0.25, 0.3) is 0 Å². The topological polar surface area (TPSA) is 12.0 Å². The Morgan fingerprint density at radius 2 is 1.75 bits per heavy atom. The van der Waals surface area contributed by atoms with E-state index in [9.17, 15) is 0 Å². The van der Waals surface area contributed by atoms with Crippen LogP contribution in [-0.4, -0.2) is 6.54 Å². The monoisotopic (exact) mass is 289 g/mol. The minimum atomic E-state index is 0.428. The maximum atomic E-state index is 6.32. The number of halogens is 1. The Labute approximate surface area is 127 Å². The van der Waals surface area contributed by atoms with Crippen LogP contribution in [0.15, 0.2) is 36.4 Å². The van der Waals surface area contributed by atoms with E-state index in [1.165, 1.54) is 30.2 Å². The Morgan fingerprint density at radius 3 is 2.45 bits per heavy atom. The van der Waals surface area contributed by atoms with Gasteiger partial charge in [0.1, 0.15) is 0 Å². The van der Waals surface area contributed by atoms with E-state index in [0.717, 1.165) is 23.4 Å². The van der Waals surface area contributed by atoms with Crippen molar-refractivity contribution in [3.8, 4) is 0 Å². The summed E-state index contributed by atoms with van der Waals surface area (Å²) in [4.78, 5) is 0. The van der Waals surface area contributed by atoms with Crippen molar-refractivity contribution in [1.29, 1.82) is 0 Å². The van der Waals surface area contributed by atoms with Crippen molar-refractivity contribution < 1.29 is 0 Å². The van der Waals surface area contributed by atoms with Crippen LogP contribution in [0.2, 0.25) is 5.02 Å². The first-order valence-electron chi connectivity index (χ1n) is 7.68. The van der Waals surface area contributed by atoms with Crippen molar-refractivity contribution in [2.75, 3.05) is 6.54 Å². The molecule has 0 amide bonds. The fraction of sp³-hybridized carbons (Fsp3) is 0.444. The predicted octanol–water partition coefficient (Wildman–Crippen LogP) is 5.72. The van der Waals surface area contributed by atoms with Crippen LogP contribution in [0.1, 0.15) is 51.1 Å². The molecule has 1 atom stereocenters. The molecule has 2 aromatic rings. The Bertz CT molecular complexity index is 542. The zero-order valence-electron chi connectivity index (χ0n) is 12.5. The second-order valence-electron chi connectivity index (χ2n) is 5.33. The van der Waals surface area contributed by atoms with Crippen LogP contribution in [0.25, 0.3) is 10.8 Å². The van der Waals surface area contributed by atoms with E-state index in [1.54, 1.807) is 0 Å². The minimum Gasteiger partial charge on any atom is -0.310 e. The van der Waals surface area contributed by atoms with Crippen molar-refractivity contribution in [2.45, 2.75) is 45.6 Å². The van der Waals surface area contributed by atoms with Crippen LogP contribution < -0.4 is 5.32 Å². The summed E-state index contributed by atoms with van der Waals surface area (Å²) >= 11 is 6.32. The van der Waals surface area contributed by atoms with E-state index in [4.69, 9.17) is 11.6 Å². The first-order chi connectivity index (χ1) is 9.77. The summed E-state index contributed by atoms with van der Waals surface area (Å²) < 4.78 is 0. The lowest BCUT2D eigenvalue weighted by Crippen LogP contribution is -2.22. The number of hydrogen-bond acceptors (Lipinski definition) is 1. The van der Waals surface area contributed by atoms with Crippen LogP contribution in [0.3, 0.4) is 0 Å². The molecule has 0 aliphatic heterocycles. The summed E-state index contributed by atoms with van der Waals surface area (Å²) in [5.74, 6) is 0. The zero-order chi connectivity index (χ0) is 14.4. The molecule has 1 unspecified atom stereocenters. The molecule has 2 rings (SSSR count). The van der Waals surface area contributed by atoms with Gasteiger partial charge >= 0.3 is 0 Å². The first kappa shape index (κ1) is 15.3. The third-order valence-corrected chi connectivity index (χ3v) is 4.10. The Kier molecular flexibility index (Phi) is 5.87. The molecule has 0 aromatic heterocycles. The van der Waals surface area contributed by atoms with Gasteiger partial charge in [-0.3, -0.25) is 0 Å². The number of fused-ring (bicyclic) bond motifs is 1. The van der Waals surface area contributed by atoms with E-state index < -0.39 is 0 Å². The van der Waals surface area contributed by atoms with E-state index in [1.807, 2.05) is 6.07 Å². The number of unbranched alkanes of at least 4 members (excludes halogenated alkanes) is 1. The lowest BCUT2D eigenvalue weighted by molar-refractivity contribution is 0.484. The number of hydrogen-bond donors (Lipinski definition) is 1. The number of benzene rings is 2. The standard InChI is InChI=1S/C18H24ClN/c1-3-5-10-18(20-13-4-2)16-11-12-17(19)15-9-7-6-8-14(15)16/h6-9,11-12,18,20H,3-5,10,13H2,1-2H3. The smallest absolute Gasteiger partial charge is 0.0484 e. The van der Waals surface area contributed by atoms with Gasteiger partial charge in [0.2, 0.25) is 0 Å². The van der Waals surface area contributed by atoms with E-state index in [-0.39, 0.29) is 0 Å². The fourth-order valence-corrected chi connectivity index (χ4v) is 2.91. The molecule has 0 heterocycles. The maximum Gasteiger partial charge on any atom is 0.0484 e. The summed E-state index contributed by atoms with van der Waals surface area (Å²) in [6, 6.07) is 13.1. The molecule has 0 spiro atoms. The average Bonchev–Trinajstić information content (AvgIpc) is 2.49. The Morgan fingerprint density at radius 1 is 1.00 bits per heavy atom. The Balaban J connectivity index is 2.38. The molecular weight excluding hydrogens is 266 g/mol. The number of nitrogens with one attached hydrogen (secondary N) is 1. The fourth-order valence-electron chi connectivity index (χ4n) is 2.68. The van der Waals surface area contributed by atoms with Gasteiger partial charge < -0.3 is 5.32 Å². The van der Waals surface area contributed by atoms with Gasteiger partial charge in [-0.25, -0.2) is 0 Å². The highest BCUT2D eigenvalue weighted by Gasteiger charge is 2.14. The van der Waals surface area contributed by atoms with Crippen molar-refractivity contribution >= 4 is 22.4 Å². The summed E-state index contributed by atoms with van der Waals surface area (Å²) in [5.41, 5.74) is 1.38. The second-order valence-corrected chi connectivity index (χ2v) is 5.74. The molecule has 2 aromatic carbocycles. The predicted molar refractivity (Wildman–Crippen MR) is 89.5 cm³/mol. The lowest BCUT2D eigenvalue weighted by atomic mass is 9.95. The largest absolute Gasteiger partial charge is 0.310 e. The summed E-state index contributed by atoms with van der Waals surface area (Å²) in [7, 11) is 0. The molecule has 0 saturated carbocycles. The van der Waals surface area contributed by atoms with Gasteiger partial charge in [0, 0.05) is 16.5 Å². The van der Waals surface area contributed by atoms with Crippen LogP contribution >= 0.6 is 11.6 Å². The Hall–Kier alpha value is -1.05. The third-order valence-electron chi connectivity index (χ3n) is 3.77. The second kappa shape index (κ2) is 7.66. The average molecular weight is 290 g/mol. The summed E-state index contributed by atoms with van der Waals surface area (Å²) in [6.07, 6.45) is 4.82. The molecule has 108 valence electrons. The van der Waals surface area contributed by atoms with Gasteiger partial charge in [0.15, 0.2) is 0 Å². The molecule has 1 N–H and O–H groups in total. The van der Waals surface area contributed by atoms with Gasteiger partial charge in [-0.05, 0) is 36.4 Å². The lowest BCUT2D eigenvalue weighted by Gasteiger charge is -2.21. The molecule has 0 saturated heterocycles. The summed E-state index contributed by atoms with van der Waals surface area (Å²) in [5, 5.41) is 6.97. The van der Waals surface area contributed by atoms with Gasteiger partial charge in [-0.1, -0.05) is 68.6 Å². The van der Waals surface area contributed by atoms with Gasteiger partial charge in [-0.15, -0.1) is 0 Å². The van der Waals surface area contributed by atoms with Crippen LogP contribution in [0.4, 0.5) is 0 Å². The highest BCUT2D eigenvalue weighted by atomic mass is 35.5. The zero-order valence-corrected chi connectivity index (χ0v) is 13.2. The molecule has 2 heteroatoms.